The van der Waals surface area contributed by atoms with E-state index in [9.17, 15) is 25.2 Å². The van der Waals surface area contributed by atoms with Gasteiger partial charge in [0.1, 0.15) is 18.0 Å². The zero-order chi connectivity index (χ0) is 21.6. The molecule has 8 nitrogen and oxygen atoms in total. The van der Waals surface area contributed by atoms with Gasteiger partial charge in [0.2, 0.25) is 6.29 Å². The van der Waals surface area contributed by atoms with Crippen LogP contribution in [0.1, 0.15) is 16.8 Å². The highest BCUT2D eigenvalue weighted by atomic mass is 35.5. The second-order valence-electron chi connectivity index (χ2n) is 6.37. The van der Waals surface area contributed by atoms with Crippen LogP contribution in [0, 0.1) is 0 Å². The summed E-state index contributed by atoms with van der Waals surface area (Å²) in [5.41, 5.74) is 1.92. The Morgan fingerprint density at radius 3 is 2.38 bits per heavy atom. The number of hydrogen-bond donors (Lipinski definition) is 6. The van der Waals surface area contributed by atoms with Crippen molar-refractivity contribution in [1.29, 1.82) is 0 Å². The molecule has 2 rings (SSSR count). The molecule has 2 aromatic rings. The number of carbonyl (C=O) groups excluding carboxylic acids is 1. The average molecular weight is 426 g/mol. The molecule has 0 aliphatic rings. The Balaban J connectivity index is 2.14. The zero-order valence-electron chi connectivity index (χ0n) is 15.7. The van der Waals surface area contributed by atoms with Crippen LogP contribution in [-0.4, -0.2) is 69.7 Å². The van der Waals surface area contributed by atoms with Gasteiger partial charge in [-0.05, 0) is 41.8 Å². The van der Waals surface area contributed by atoms with Gasteiger partial charge in [-0.15, -0.1) is 0 Å². The maximum absolute atomic E-state index is 11.8. The van der Waals surface area contributed by atoms with Crippen LogP contribution in [0.15, 0.2) is 42.5 Å². The quantitative estimate of drug-likeness (QED) is 0.322. The number of hydrogen-bond acceptors (Lipinski definition) is 7. The summed E-state index contributed by atoms with van der Waals surface area (Å²) < 4.78 is 5.20. The van der Waals surface area contributed by atoms with Crippen molar-refractivity contribution in [2.75, 3.05) is 13.7 Å². The van der Waals surface area contributed by atoms with Crippen molar-refractivity contribution in [3.8, 4) is 16.9 Å². The van der Waals surface area contributed by atoms with Gasteiger partial charge in [-0.3, -0.25) is 4.79 Å². The molecule has 0 saturated heterocycles. The lowest BCUT2D eigenvalue weighted by Crippen LogP contribution is -2.46. The molecule has 29 heavy (non-hydrogen) atoms. The Bertz CT molecular complexity index is 832. The number of aliphatic hydroxyl groups is 5. The lowest BCUT2D eigenvalue weighted by Gasteiger charge is -2.26. The van der Waals surface area contributed by atoms with E-state index in [1.807, 2.05) is 0 Å². The highest BCUT2D eigenvalue weighted by molar-refractivity contribution is 6.32. The number of benzene rings is 2. The third-order valence-electron chi connectivity index (χ3n) is 4.33. The number of halogens is 1. The van der Waals surface area contributed by atoms with Gasteiger partial charge >= 0.3 is 0 Å². The minimum atomic E-state index is -1.86. The van der Waals surface area contributed by atoms with Gasteiger partial charge in [0.25, 0.3) is 5.91 Å². The van der Waals surface area contributed by atoms with Crippen molar-refractivity contribution in [3.05, 3.63) is 53.1 Å². The minimum Gasteiger partial charge on any atom is -0.461 e. The van der Waals surface area contributed by atoms with E-state index in [-0.39, 0.29) is 23.1 Å². The van der Waals surface area contributed by atoms with Crippen molar-refractivity contribution in [2.45, 2.75) is 31.0 Å². The molecule has 9 heteroatoms. The molecule has 158 valence electrons. The van der Waals surface area contributed by atoms with Crippen LogP contribution in [0.3, 0.4) is 0 Å². The van der Waals surface area contributed by atoms with Crippen molar-refractivity contribution in [3.63, 3.8) is 0 Å². The smallest absolute Gasteiger partial charge is 0.251 e. The Kier molecular flexibility index (Phi) is 8.39. The lowest BCUT2D eigenvalue weighted by atomic mass is 10.0. The molecule has 0 aliphatic heterocycles. The van der Waals surface area contributed by atoms with Crippen LogP contribution >= 0.6 is 11.6 Å². The Labute approximate surface area is 173 Å². The summed E-state index contributed by atoms with van der Waals surface area (Å²) in [6.45, 7) is -0.393. The van der Waals surface area contributed by atoms with Crippen LogP contribution in [0.25, 0.3) is 11.1 Å². The van der Waals surface area contributed by atoms with Crippen molar-refractivity contribution in [2.24, 2.45) is 0 Å². The molecule has 4 atom stereocenters. The van der Waals surface area contributed by atoms with E-state index in [4.69, 9.17) is 21.4 Å². The third-order valence-corrected chi connectivity index (χ3v) is 4.62. The van der Waals surface area contributed by atoms with Gasteiger partial charge in [-0.2, -0.15) is 0 Å². The van der Waals surface area contributed by atoms with Crippen molar-refractivity contribution < 1.29 is 35.1 Å². The van der Waals surface area contributed by atoms with Gasteiger partial charge in [0.15, 0.2) is 0 Å². The Morgan fingerprint density at radius 1 is 1.07 bits per heavy atom. The number of nitrogens with one attached hydrogen (secondary N) is 1. The maximum Gasteiger partial charge on any atom is 0.251 e. The number of amides is 1. The van der Waals surface area contributed by atoms with E-state index in [2.05, 4.69) is 5.32 Å². The SMILES string of the molecule is CNC(=O)c1cccc(-c2ccc(OC(O)C(O)C(O)C(O)CCO)c(Cl)c2)c1. The minimum absolute atomic E-state index is 0.0493. The summed E-state index contributed by atoms with van der Waals surface area (Å²) in [4.78, 5) is 11.8. The molecular formula is C20H24ClNO7. The van der Waals surface area contributed by atoms with Gasteiger partial charge in [0, 0.05) is 19.2 Å². The van der Waals surface area contributed by atoms with Gasteiger partial charge in [0.05, 0.1) is 11.1 Å². The predicted molar refractivity (Wildman–Crippen MR) is 107 cm³/mol. The standard InChI is InChI=1S/C20H24ClNO7/c1-22-19(27)13-4-2-3-11(9-13)12-5-6-16(14(21)10-12)29-20(28)18(26)17(25)15(24)7-8-23/h2-6,9-10,15,17-18,20,23-26,28H,7-8H2,1H3,(H,22,27). The highest BCUT2D eigenvalue weighted by Crippen LogP contribution is 2.31. The van der Waals surface area contributed by atoms with E-state index >= 15 is 0 Å². The molecule has 0 aliphatic carbocycles. The van der Waals surface area contributed by atoms with Crippen LogP contribution in [0.2, 0.25) is 5.02 Å². The normalized spacial score (nSPS) is 15.3. The summed E-state index contributed by atoms with van der Waals surface area (Å²) in [6.07, 6.45) is -7.01. The lowest BCUT2D eigenvalue weighted by molar-refractivity contribution is -0.166. The summed E-state index contributed by atoms with van der Waals surface area (Å²) >= 11 is 6.21. The fraction of sp³-hybridized carbons (Fsp3) is 0.350. The van der Waals surface area contributed by atoms with Gasteiger partial charge in [-0.1, -0.05) is 29.8 Å². The van der Waals surface area contributed by atoms with Crippen LogP contribution in [0.5, 0.6) is 5.75 Å². The second-order valence-corrected chi connectivity index (χ2v) is 6.78. The third kappa shape index (κ3) is 5.89. The Hall–Kier alpha value is -2.20. The molecule has 0 spiro atoms. The van der Waals surface area contributed by atoms with Crippen molar-refractivity contribution >= 4 is 17.5 Å². The van der Waals surface area contributed by atoms with Gasteiger partial charge in [-0.25, -0.2) is 0 Å². The first-order chi connectivity index (χ1) is 13.8. The average Bonchev–Trinajstić information content (AvgIpc) is 2.73. The van der Waals surface area contributed by atoms with Crippen LogP contribution < -0.4 is 10.1 Å². The van der Waals surface area contributed by atoms with Crippen molar-refractivity contribution in [1.82, 2.24) is 5.32 Å². The summed E-state index contributed by atoms with van der Waals surface area (Å²) in [7, 11) is 1.54. The molecule has 4 unspecified atom stereocenters. The molecule has 1 amide bonds. The summed E-state index contributed by atoms with van der Waals surface area (Å²) in [6, 6.07) is 11.6. The summed E-state index contributed by atoms with van der Waals surface area (Å²) in [5.74, 6) is -0.176. The zero-order valence-corrected chi connectivity index (χ0v) is 16.5. The number of rotatable bonds is 9. The number of ether oxygens (including phenoxy) is 1. The van der Waals surface area contributed by atoms with Crippen LogP contribution in [-0.2, 0) is 0 Å². The molecule has 0 aromatic heterocycles. The van der Waals surface area contributed by atoms with E-state index in [0.29, 0.717) is 11.1 Å². The highest BCUT2D eigenvalue weighted by Gasteiger charge is 2.31. The Morgan fingerprint density at radius 2 is 1.76 bits per heavy atom. The molecule has 0 radical (unpaired) electrons. The first-order valence-electron chi connectivity index (χ1n) is 8.90. The number of aliphatic hydroxyl groups excluding tert-OH is 5. The molecule has 2 aromatic carbocycles. The first-order valence-corrected chi connectivity index (χ1v) is 9.28. The first kappa shape index (κ1) is 23.1. The van der Waals surface area contributed by atoms with E-state index in [1.165, 1.54) is 13.1 Å². The molecular weight excluding hydrogens is 402 g/mol. The monoisotopic (exact) mass is 425 g/mol. The van der Waals surface area contributed by atoms with E-state index in [0.717, 1.165) is 5.56 Å². The molecule has 0 heterocycles. The number of carbonyl (C=O) groups is 1. The van der Waals surface area contributed by atoms with Crippen LogP contribution in [0.4, 0.5) is 0 Å². The topological polar surface area (TPSA) is 139 Å². The van der Waals surface area contributed by atoms with E-state index in [1.54, 1.807) is 36.4 Å². The van der Waals surface area contributed by atoms with Gasteiger partial charge < -0.3 is 35.6 Å². The molecule has 0 fully saturated rings. The fourth-order valence-electron chi connectivity index (χ4n) is 2.66. The molecule has 6 N–H and O–H groups in total. The van der Waals surface area contributed by atoms with E-state index < -0.39 is 31.2 Å². The largest absolute Gasteiger partial charge is 0.461 e. The summed E-state index contributed by atoms with van der Waals surface area (Å²) in [5, 5.41) is 50.8. The maximum atomic E-state index is 11.8. The molecule has 0 saturated carbocycles. The molecule has 0 bridgehead atoms. The predicted octanol–water partition coefficient (Wildman–Crippen LogP) is 0.529. The fourth-order valence-corrected chi connectivity index (χ4v) is 2.88. The second kappa shape index (κ2) is 10.5.